The van der Waals surface area contributed by atoms with Gasteiger partial charge in [-0.1, -0.05) is 28.6 Å². The first kappa shape index (κ1) is 18.3. The second-order valence-electron chi connectivity index (χ2n) is 6.51. The topological polar surface area (TPSA) is 77.2 Å². The van der Waals surface area contributed by atoms with Crippen molar-refractivity contribution in [3.05, 3.63) is 78.8 Å². The number of thiazole rings is 1. The van der Waals surface area contributed by atoms with Crippen molar-refractivity contribution in [3.63, 3.8) is 0 Å². The van der Waals surface area contributed by atoms with E-state index in [-0.39, 0.29) is 0 Å². The van der Waals surface area contributed by atoms with Gasteiger partial charge in [-0.05, 0) is 42.5 Å². The van der Waals surface area contributed by atoms with Gasteiger partial charge in [-0.15, -0.1) is 0 Å². The maximum atomic E-state index is 5.62. The Morgan fingerprint density at radius 2 is 1.80 bits per heavy atom. The lowest BCUT2D eigenvalue weighted by molar-refractivity contribution is 0.385. The second-order valence-corrected chi connectivity index (χ2v) is 7.52. The third kappa shape index (κ3) is 3.60. The van der Waals surface area contributed by atoms with E-state index >= 15 is 0 Å². The van der Waals surface area contributed by atoms with Crippen molar-refractivity contribution in [1.82, 2.24) is 20.1 Å². The van der Waals surface area contributed by atoms with E-state index in [1.165, 1.54) is 0 Å². The highest BCUT2D eigenvalue weighted by Crippen LogP contribution is 2.33. The van der Waals surface area contributed by atoms with Crippen LogP contribution in [0.25, 0.3) is 21.5 Å². The fraction of sp³-hybridized carbons (Fsp3) is 0.0909. The molecule has 0 bridgehead atoms. The summed E-state index contributed by atoms with van der Waals surface area (Å²) in [7, 11) is 1.64. The molecule has 0 saturated heterocycles. The van der Waals surface area contributed by atoms with Gasteiger partial charge in [-0.3, -0.25) is 4.90 Å². The minimum Gasteiger partial charge on any atom is -0.497 e. The van der Waals surface area contributed by atoms with E-state index in [9.17, 15) is 0 Å². The molecule has 0 saturated carbocycles. The molecule has 0 atom stereocenters. The van der Waals surface area contributed by atoms with Crippen molar-refractivity contribution in [2.45, 2.75) is 6.54 Å². The van der Waals surface area contributed by atoms with Gasteiger partial charge in [-0.25, -0.2) is 15.0 Å². The molecule has 2 aromatic carbocycles. The standard InChI is InChI=1S/C22H17N5O2S/c1-28-16-9-7-15(8-10-16)19-13-17(29-26-19)14-27(21-23-11-4-12-24-21)22-25-18-5-2-3-6-20(18)30-22/h2-13H,14H2,1H3. The molecule has 5 rings (SSSR count). The molecule has 148 valence electrons. The predicted molar refractivity (Wildman–Crippen MR) is 116 cm³/mol. The predicted octanol–water partition coefficient (Wildman–Crippen LogP) is 5.09. The summed E-state index contributed by atoms with van der Waals surface area (Å²) >= 11 is 1.59. The van der Waals surface area contributed by atoms with Crippen LogP contribution >= 0.6 is 11.3 Å². The number of aromatic nitrogens is 4. The molecule has 0 N–H and O–H groups in total. The lowest BCUT2D eigenvalue weighted by Gasteiger charge is -2.17. The molecule has 0 fully saturated rings. The third-order valence-corrected chi connectivity index (χ3v) is 5.63. The molecule has 3 heterocycles. The lowest BCUT2D eigenvalue weighted by Crippen LogP contribution is -2.18. The SMILES string of the molecule is COc1ccc(-c2cc(CN(c3ncccn3)c3nc4ccccc4s3)on2)cc1. The Kier molecular flexibility index (Phi) is 4.82. The minimum absolute atomic E-state index is 0.410. The van der Waals surface area contributed by atoms with Crippen molar-refractivity contribution in [1.29, 1.82) is 0 Å². The highest BCUT2D eigenvalue weighted by atomic mass is 32.1. The highest BCUT2D eigenvalue weighted by molar-refractivity contribution is 7.22. The molecule has 0 amide bonds. The van der Waals surface area contributed by atoms with Gasteiger partial charge in [0, 0.05) is 24.0 Å². The summed E-state index contributed by atoms with van der Waals surface area (Å²) in [5, 5.41) is 5.02. The molecule has 0 aliphatic heterocycles. The summed E-state index contributed by atoms with van der Waals surface area (Å²) < 4.78 is 11.9. The second kappa shape index (κ2) is 7.92. The van der Waals surface area contributed by atoms with Gasteiger partial charge in [0.2, 0.25) is 5.95 Å². The summed E-state index contributed by atoms with van der Waals surface area (Å²) in [4.78, 5) is 15.5. The van der Waals surface area contributed by atoms with E-state index in [0.717, 1.165) is 32.4 Å². The summed E-state index contributed by atoms with van der Waals surface area (Å²) in [5.41, 5.74) is 2.65. The number of nitrogens with zero attached hydrogens (tertiary/aromatic N) is 5. The van der Waals surface area contributed by atoms with Crippen LogP contribution in [0.5, 0.6) is 5.75 Å². The van der Waals surface area contributed by atoms with Gasteiger partial charge in [0.25, 0.3) is 0 Å². The average Bonchev–Trinajstić information content (AvgIpc) is 3.45. The molecular weight excluding hydrogens is 398 g/mol. The Bertz CT molecular complexity index is 1230. The van der Waals surface area contributed by atoms with Gasteiger partial charge >= 0.3 is 0 Å². The largest absolute Gasteiger partial charge is 0.497 e. The van der Waals surface area contributed by atoms with Crippen molar-refractivity contribution in [3.8, 4) is 17.0 Å². The first-order valence-corrected chi connectivity index (χ1v) is 10.1. The summed E-state index contributed by atoms with van der Waals surface area (Å²) in [5.74, 6) is 2.04. The highest BCUT2D eigenvalue weighted by Gasteiger charge is 2.19. The van der Waals surface area contributed by atoms with Gasteiger partial charge in [0.1, 0.15) is 11.4 Å². The maximum absolute atomic E-state index is 5.62. The van der Waals surface area contributed by atoms with Crippen LogP contribution < -0.4 is 9.64 Å². The Hall–Kier alpha value is -3.78. The summed E-state index contributed by atoms with van der Waals surface area (Å²) in [6, 6.07) is 19.4. The fourth-order valence-electron chi connectivity index (χ4n) is 3.07. The van der Waals surface area contributed by atoms with E-state index in [4.69, 9.17) is 14.2 Å². The van der Waals surface area contributed by atoms with Gasteiger partial charge in [0.05, 0.1) is 23.9 Å². The summed E-state index contributed by atoms with van der Waals surface area (Å²) in [6.07, 6.45) is 3.43. The van der Waals surface area contributed by atoms with E-state index in [2.05, 4.69) is 21.2 Å². The number of fused-ring (bicyclic) bond motifs is 1. The normalized spacial score (nSPS) is 11.0. The number of hydrogen-bond acceptors (Lipinski definition) is 8. The molecule has 0 spiro atoms. The molecule has 0 unspecified atom stereocenters. The zero-order chi connectivity index (χ0) is 20.3. The fourth-order valence-corrected chi connectivity index (χ4v) is 4.03. The molecule has 8 heteroatoms. The number of para-hydroxylation sites is 1. The Morgan fingerprint density at radius 3 is 2.57 bits per heavy atom. The average molecular weight is 415 g/mol. The Labute approximate surface area is 176 Å². The van der Waals surface area contributed by atoms with E-state index in [1.807, 2.05) is 53.4 Å². The van der Waals surface area contributed by atoms with E-state index in [0.29, 0.717) is 18.3 Å². The number of rotatable bonds is 6. The number of benzene rings is 2. The van der Waals surface area contributed by atoms with Gasteiger partial charge in [0.15, 0.2) is 10.9 Å². The quantitative estimate of drug-likeness (QED) is 0.382. The van der Waals surface area contributed by atoms with Crippen molar-refractivity contribution in [2.24, 2.45) is 0 Å². The van der Waals surface area contributed by atoms with Crippen LogP contribution in [0.2, 0.25) is 0 Å². The number of anilines is 2. The zero-order valence-electron chi connectivity index (χ0n) is 16.1. The van der Waals surface area contributed by atoms with Crippen molar-refractivity contribution >= 4 is 32.6 Å². The monoisotopic (exact) mass is 415 g/mol. The van der Waals surface area contributed by atoms with Gasteiger partial charge < -0.3 is 9.26 Å². The van der Waals surface area contributed by atoms with Gasteiger partial charge in [-0.2, -0.15) is 0 Å². The van der Waals surface area contributed by atoms with Crippen LogP contribution in [-0.4, -0.2) is 27.2 Å². The maximum Gasteiger partial charge on any atom is 0.232 e. The Morgan fingerprint density at radius 1 is 1.00 bits per heavy atom. The first-order chi connectivity index (χ1) is 14.8. The molecule has 5 aromatic rings. The van der Waals surface area contributed by atoms with E-state index < -0.39 is 0 Å². The summed E-state index contributed by atoms with van der Waals surface area (Å²) in [6.45, 7) is 0.410. The molecule has 0 aliphatic carbocycles. The van der Waals surface area contributed by atoms with Crippen LogP contribution in [0.4, 0.5) is 11.1 Å². The number of hydrogen-bond donors (Lipinski definition) is 0. The van der Waals surface area contributed by atoms with Crippen LogP contribution in [0.15, 0.2) is 77.6 Å². The number of methoxy groups -OCH3 is 1. The van der Waals surface area contributed by atoms with Crippen LogP contribution in [0.1, 0.15) is 5.76 Å². The van der Waals surface area contributed by atoms with Crippen LogP contribution in [-0.2, 0) is 6.54 Å². The first-order valence-electron chi connectivity index (χ1n) is 9.30. The Balaban J connectivity index is 1.47. The smallest absolute Gasteiger partial charge is 0.232 e. The molecule has 3 aromatic heterocycles. The molecule has 30 heavy (non-hydrogen) atoms. The van der Waals surface area contributed by atoms with Crippen LogP contribution in [0, 0.1) is 0 Å². The zero-order valence-corrected chi connectivity index (χ0v) is 16.9. The minimum atomic E-state index is 0.410. The van der Waals surface area contributed by atoms with Crippen LogP contribution in [0.3, 0.4) is 0 Å². The van der Waals surface area contributed by atoms with Crippen molar-refractivity contribution < 1.29 is 9.26 Å². The number of ether oxygens (including phenoxy) is 1. The molecule has 7 nitrogen and oxygen atoms in total. The molecule has 0 aliphatic rings. The lowest BCUT2D eigenvalue weighted by atomic mass is 10.1. The molecular formula is C22H17N5O2S. The third-order valence-electron chi connectivity index (χ3n) is 4.57. The van der Waals surface area contributed by atoms with E-state index in [1.54, 1.807) is 36.9 Å². The molecule has 0 radical (unpaired) electrons. The van der Waals surface area contributed by atoms with Crippen molar-refractivity contribution in [2.75, 3.05) is 12.0 Å².